The smallest absolute Gasteiger partial charge is 0.272 e. The molecule has 3 amide bonds. The number of benzene rings is 3. The average Bonchev–Trinajstić information content (AvgIpc) is 3.59. The number of carbonyl (C=O) groups excluding carboxylic acids is 3. The zero-order valence-corrected chi connectivity index (χ0v) is 23.1. The fourth-order valence-electron chi connectivity index (χ4n) is 4.04. The second-order valence-corrected chi connectivity index (χ2v) is 10.6. The molecule has 0 radical (unpaired) electrons. The predicted molar refractivity (Wildman–Crippen MR) is 160 cm³/mol. The molecular formula is C31H27N5O4S. The number of rotatable bonds is 9. The third-order valence-corrected chi connectivity index (χ3v) is 7.36. The lowest BCUT2D eigenvalue weighted by Crippen LogP contribution is -2.30. The molecule has 2 aromatic heterocycles. The number of nitrogens with one attached hydrogen (secondary N) is 4. The minimum atomic E-state index is -0.475. The van der Waals surface area contributed by atoms with Gasteiger partial charge in [0, 0.05) is 38.8 Å². The Balaban J connectivity index is 1.30. The van der Waals surface area contributed by atoms with Gasteiger partial charge in [0.25, 0.3) is 11.8 Å². The molecule has 0 spiro atoms. The molecule has 0 aliphatic rings. The standard InChI is InChI=1S/C31H27N5O4S/c1-19-28(18-33-40-19)36-29(37)20(2)41-24-14-12-23(13-15-24)34-31(39)27(35-30(38)21-8-4-3-5-9-21)16-22-17-32-26-11-7-6-10-25(22)26/h3-18,20,32H,1-2H3,(H,34,39)(H,35,38)(H,36,37)/b27-16+/t20-/m1/s1. The number of H-pyrrole nitrogens is 1. The number of hydrogen-bond donors (Lipinski definition) is 4. The van der Waals surface area contributed by atoms with Crippen LogP contribution in [0.3, 0.4) is 0 Å². The highest BCUT2D eigenvalue weighted by molar-refractivity contribution is 8.00. The monoisotopic (exact) mass is 565 g/mol. The van der Waals surface area contributed by atoms with Crippen LogP contribution in [0.25, 0.3) is 17.0 Å². The fourth-order valence-corrected chi connectivity index (χ4v) is 4.90. The summed E-state index contributed by atoms with van der Waals surface area (Å²) in [6.45, 7) is 3.53. The van der Waals surface area contributed by atoms with Crippen LogP contribution >= 0.6 is 11.8 Å². The summed E-state index contributed by atoms with van der Waals surface area (Å²) in [6.07, 6.45) is 4.91. The van der Waals surface area contributed by atoms with Crippen molar-refractivity contribution >= 4 is 57.8 Å². The van der Waals surface area contributed by atoms with Crippen LogP contribution in [0.4, 0.5) is 11.4 Å². The minimum Gasteiger partial charge on any atom is -0.361 e. The van der Waals surface area contributed by atoms with Crippen LogP contribution in [0.5, 0.6) is 0 Å². The van der Waals surface area contributed by atoms with E-state index in [1.807, 2.05) is 42.5 Å². The summed E-state index contributed by atoms with van der Waals surface area (Å²) < 4.78 is 4.98. The molecule has 0 saturated carbocycles. The van der Waals surface area contributed by atoms with E-state index in [0.29, 0.717) is 22.7 Å². The van der Waals surface area contributed by atoms with Crippen molar-refractivity contribution in [1.82, 2.24) is 15.5 Å². The molecule has 1 atom stereocenters. The largest absolute Gasteiger partial charge is 0.361 e. The summed E-state index contributed by atoms with van der Waals surface area (Å²) in [7, 11) is 0. The molecule has 41 heavy (non-hydrogen) atoms. The Bertz CT molecular complexity index is 1720. The van der Waals surface area contributed by atoms with Crippen LogP contribution in [0.1, 0.15) is 28.6 Å². The number of nitrogens with zero attached hydrogens (tertiary/aromatic N) is 1. The number of fused-ring (bicyclic) bond motifs is 1. The van der Waals surface area contributed by atoms with Crippen molar-refractivity contribution in [3.63, 3.8) is 0 Å². The van der Waals surface area contributed by atoms with Crippen molar-refractivity contribution in [3.05, 3.63) is 114 Å². The third-order valence-electron chi connectivity index (χ3n) is 6.25. The van der Waals surface area contributed by atoms with Crippen LogP contribution in [-0.4, -0.2) is 33.1 Å². The first-order valence-corrected chi connectivity index (χ1v) is 13.7. The van der Waals surface area contributed by atoms with Gasteiger partial charge in [-0.1, -0.05) is 41.6 Å². The molecule has 0 fully saturated rings. The number of amides is 3. The maximum atomic E-state index is 13.4. The second-order valence-electron chi connectivity index (χ2n) is 9.19. The SMILES string of the molecule is Cc1oncc1NC(=O)[C@@H](C)Sc1ccc(NC(=O)/C(=C\c2c[nH]c3ccccc23)NC(=O)c2ccccc2)cc1. The summed E-state index contributed by atoms with van der Waals surface area (Å²) in [6, 6.07) is 23.6. The van der Waals surface area contributed by atoms with Crippen LogP contribution in [0.2, 0.25) is 0 Å². The molecule has 5 aromatic rings. The van der Waals surface area contributed by atoms with Crippen molar-refractivity contribution < 1.29 is 18.9 Å². The molecule has 5 rings (SSSR count). The first-order valence-electron chi connectivity index (χ1n) is 12.8. The maximum Gasteiger partial charge on any atom is 0.272 e. The topological polar surface area (TPSA) is 129 Å². The lowest BCUT2D eigenvalue weighted by Gasteiger charge is -2.13. The summed E-state index contributed by atoms with van der Waals surface area (Å²) in [5.74, 6) is -0.516. The summed E-state index contributed by atoms with van der Waals surface area (Å²) in [5.41, 5.74) is 3.28. The van der Waals surface area contributed by atoms with Crippen LogP contribution in [0.15, 0.2) is 106 Å². The summed E-state index contributed by atoms with van der Waals surface area (Å²) in [5, 5.41) is 12.6. The molecule has 4 N–H and O–H groups in total. The van der Waals surface area contributed by atoms with Gasteiger partial charge in [0.2, 0.25) is 5.91 Å². The number of anilines is 2. The van der Waals surface area contributed by atoms with Gasteiger partial charge in [-0.05, 0) is 62.4 Å². The number of aryl methyl sites for hydroxylation is 1. The Kier molecular flexibility index (Phi) is 8.31. The molecule has 0 aliphatic heterocycles. The summed E-state index contributed by atoms with van der Waals surface area (Å²) in [4.78, 5) is 42.9. The van der Waals surface area contributed by atoms with Gasteiger partial charge >= 0.3 is 0 Å². The second kappa shape index (κ2) is 12.4. The predicted octanol–water partition coefficient (Wildman–Crippen LogP) is 5.99. The Hall–Kier alpha value is -5.09. The maximum absolute atomic E-state index is 13.4. The van der Waals surface area contributed by atoms with E-state index in [2.05, 4.69) is 26.1 Å². The highest BCUT2D eigenvalue weighted by atomic mass is 32.2. The first-order chi connectivity index (χ1) is 19.9. The molecule has 0 unspecified atom stereocenters. The first kappa shape index (κ1) is 27.5. The van der Waals surface area contributed by atoms with Gasteiger partial charge in [0.15, 0.2) is 5.76 Å². The van der Waals surface area contributed by atoms with Gasteiger partial charge in [-0.25, -0.2) is 0 Å². The Morgan fingerprint density at radius 3 is 2.41 bits per heavy atom. The highest BCUT2D eigenvalue weighted by Gasteiger charge is 2.18. The molecule has 10 heteroatoms. The molecule has 0 bridgehead atoms. The Morgan fingerprint density at radius 1 is 0.951 bits per heavy atom. The molecule has 0 aliphatic carbocycles. The number of carbonyl (C=O) groups is 3. The van der Waals surface area contributed by atoms with E-state index in [4.69, 9.17) is 4.52 Å². The van der Waals surface area contributed by atoms with Crippen molar-refractivity contribution in [2.75, 3.05) is 10.6 Å². The van der Waals surface area contributed by atoms with E-state index in [1.165, 1.54) is 18.0 Å². The quantitative estimate of drug-likeness (QED) is 0.128. The normalized spacial score (nSPS) is 12.1. The molecular weight excluding hydrogens is 538 g/mol. The Morgan fingerprint density at radius 2 is 1.68 bits per heavy atom. The third kappa shape index (κ3) is 6.74. The molecule has 3 aromatic carbocycles. The molecule has 206 valence electrons. The van der Waals surface area contributed by atoms with E-state index < -0.39 is 11.8 Å². The number of thioether (sulfide) groups is 1. The lowest BCUT2D eigenvalue weighted by atomic mass is 10.1. The number of para-hydroxylation sites is 1. The van der Waals surface area contributed by atoms with Gasteiger partial charge in [-0.3, -0.25) is 14.4 Å². The number of hydrogen-bond acceptors (Lipinski definition) is 6. The van der Waals surface area contributed by atoms with Crippen LogP contribution in [-0.2, 0) is 9.59 Å². The molecule has 9 nitrogen and oxygen atoms in total. The van der Waals surface area contributed by atoms with Crippen molar-refractivity contribution in [2.45, 2.75) is 24.0 Å². The molecule has 2 heterocycles. The molecule has 0 saturated heterocycles. The summed E-state index contributed by atoms with van der Waals surface area (Å²) >= 11 is 1.38. The number of aromatic amines is 1. The Labute approximate surface area is 240 Å². The fraction of sp³-hybridized carbons (Fsp3) is 0.0968. The van der Waals surface area contributed by atoms with Gasteiger partial charge in [-0.2, -0.15) is 0 Å². The zero-order valence-electron chi connectivity index (χ0n) is 22.3. The van der Waals surface area contributed by atoms with Crippen LogP contribution < -0.4 is 16.0 Å². The average molecular weight is 566 g/mol. The minimum absolute atomic E-state index is 0.0939. The highest BCUT2D eigenvalue weighted by Crippen LogP contribution is 2.26. The van der Waals surface area contributed by atoms with Gasteiger partial charge < -0.3 is 25.5 Å². The van der Waals surface area contributed by atoms with E-state index in [-0.39, 0.29) is 16.9 Å². The van der Waals surface area contributed by atoms with E-state index in [9.17, 15) is 14.4 Å². The van der Waals surface area contributed by atoms with E-state index in [0.717, 1.165) is 21.4 Å². The zero-order chi connectivity index (χ0) is 28.8. The van der Waals surface area contributed by atoms with E-state index >= 15 is 0 Å². The van der Waals surface area contributed by atoms with Crippen LogP contribution in [0, 0.1) is 6.92 Å². The van der Waals surface area contributed by atoms with Crippen molar-refractivity contribution in [3.8, 4) is 0 Å². The van der Waals surface area contributed by atoms with Gasteiger partial charge in [0.1, 0.15) is 11.4 Å². The van der Waals surface area contributed by atoms with Gasteiger partial charge in [-0.15, -0.1) is 11.8 Å². The van der Waals surface area contributed by atoms with Gasteiger partial charge in [0.05, 0.1) is 11.4 Å². The van der Waals surface area contributed by atoms with E-state index in [1.54, 1.807) is 62.5 Å². The van der Waals surface area contributed by atoms with Crippen molar-refractivity contribution in [1.29, 1.82) is 0 Å². The lowest BCUT2D eigenvalue weighted by molar-refractivity contribution is -0.115. The van der Waals surface area contributed by atoms with Crippen molar-refractivity contribution in [2.24, 2.45) is 0 Å². The number of aromatic nitrogens is 2.